The van der Waals surface area contributed by atoms with Crippen LogP contribution in [-0.2, 0) is 4.79 Å². The van der Waals surface area contributed by atoms with Gasteiger partial charge in [-0.3, -0.25) is 4.79 Å². The van der Waals surface area contributed by atoms with Gasteiger partial charge in [-0.2, -0.15) is 0 Å². The lowest BCUT2D eigenvalue weighted by atomic mass is 9.89. The molecule has 0 heterocycles. The number of rotatable bonds is 6. The zero-order valence-corrected chi connectivity index (χ0v) is 10.4. The summed E-state index contributed by atoms with van der Waals surface area (Å²) in [4.78, 5) is 11.6. The van der Waals surface area contributed by atoms with Crippen molar-refractivity contribution in [2.24, 2.45) is 5.41 Å². The van der Waals surface area contributed by atoms with E-state index in [4.69, 9.17) is 11.6 Å². The minimum Gasteiger partial charge on any atom is -0.356 e. The Bertz CT molecular complexity index is 180. The van der Waals surface area contributed by atoms with Crippen LogP contribution in [0.1, 0.15) is 47.0 Å². The summed E-state index contributed by atoms with van der Waals surface area (Å²) in [6.07, 6.45) is 2.66. The monoisotopic (exact) mass is 219 g/mol. The van der Waals surface area contributed by atoms with E-state index in [1.165, 1.54) is 0 Å². The fourth-order valence-electron chi connectivity index (χ4n) is 0.946. The molecule has 1 amide bonds. The second-order valence-corrected chi connectivity index (χ2v) is 4.90. The average Bonchev–Trinajstić information content (AvgIpc) is 2.17. The first kappa shape index (κ1) is 13.8. The maximum absolute atomic E-state index is 11.6. The van der Waals surface area contributed by atoms with Gasteiger partial charge in [0.1, 0.15) is 0 Å². The summed E-state index contributed by atoms with van der Waals surface area (Å²) in [6.45, 7) is 8.68. The Morgan fingerprint density at radius 2 is 2.00 bits per heavy atom. The fourth-order valence-corrected chi connectivity index (χ4v) is 1.06. The van der Waals surface area contributed by atoms with Crippen LogP contribution in [0.4, 0.5) is 0 Å². The minimum absolute atomic E-state index is 0.125. The molecule has 0 fully saturated rings. The fraction of sp³-hybridized carbons (Fsp3) is 0.909. The Morgan fingerprint density at radius 1 is 1.43 bits per heavy atom. The van der Waals surface area contributed by atoms with Crippen molar-refractivity contribution in [3.8, 4) is 0 Å². The first-order chi connectivity index (χ1) is 6.44. The number of hydrogen-bond acceptors (Lipinski definition) is 1. The zero-order chi connectivity index (χ0) is 11.2. The standard InChI is InChI=1S/C11H22ClNO/c1-5-9(12)7-8-13-10(14)11(3,4)6-2/h9H,5-8H2,1-4H3,(H,13,14). The van der Waals surface area contributed by atoms with Gasteiger partial charge >= 0.3 is 0 Å². The van der Waals surface area contributed by atoms with Gasteiger partial charge in [0.05, 0.1) is 0 Å². The second-order valence-electron chi connectivity index (χ2n) is 4.29. The van der Waals surface area contributed by atoms with Gasteiger partial charge in [-0.1, -0.05) is 27.7 Å². The van der Waals surface area contributed by atoms with Crippen molar-refractivity contribution < 1.29 is 4.79 Å². The van der Waals surface area contributed by atoms with Gasteiger partial charge in [0.25, 0.3) is 0 Å². The van der Waals surface area contributed by atoms with E-state index < -0.39 is 0 Å². The molecule has 84 valence electrons. The number of hydrogen-bond donors (Lipinski definition) is 1. The summed E-state index contributed by atoms with van der Waals surface area (Å²) in [5.41, 5.74) is -0.256. The predicted molar refractivity (Wildman–Crippen MR) is 61.6 cm³/mol. The molecule has 0 saturated carbocycles. The van der Waals surface area contributed by atoms with E-state index in [1.807, 2.05) is 20.8 Å². The molecule has 2 nitrogen and oxygen atoms in total. The highest BCUT2D eigenvalue weighted by Gasteiger charge is 2.24. The molecule has 0 radical (unpaired) electrons. The molecular formula is C11H22ClNO. The van der Waals surface area contributed by atoms with E-state index in [0.717, 1.165) is 19.3 Å². The molecule has 0 aliphatic heterocycles. The van der Waals surface area contributed by atoms with Gasteiger partial charge in [0.2, 0.25) is 5.91 Å². The van der Waals surface area contributed by atoms with Crippen LogP contribution in [0.3, 0.4) is 0 Å². The minimum atomic E-state index is -0.256. The van der Waals surface area contributed by atoms with Crippen LogP contribution in [0.5, 0.6) is 0 Å². The van der Waals surface area contributed by atoms with Crippen molar-refractivity contribution in [2.75, 3.05) is 6.54 Å². The molecule has 3 heteroatoms. The number of carbonyl (C=O) groups is 1. The van der Waals surface area contributed by atoms with Gasteiger partial charge in [0.15, 0.2) is 0 Å². The van der Waals surface area contributed by atoms with E-state index in [2.05, 4.69) is 12.2 Å². The Balaban J connectivity index is 3.75. The molecule has 0 aromatic heterocycles. The highest BCUT2D eigenvalue weighted by Crippen LogP contribution is 2.19. The summed E-state index contributed by atoms with van der Waals surface area (Å²) in [6, 6.07) is 0. The maximum atomic E-state index is 11.6. The third kappa shape index (κ3) is 4.85. The number of amides is 1. The van der Waals surface area contributed by atoms with Crippen LogP contribution >= 0.6 is 11.6 Å². The average molecular weight is 220 g/mol. The first-order valence-electron chi connectivity index (χ1n) is 5.36. The quantitative estimate of drug-likeness (QED) is 0.684. The topological polar surface area (TPSA) is 29.1 Å². The summed E-state index contributed by atoms with van der Waals surface area (Å²) in [5.74, 6) is 0.125. The molecule has 0 bridgehead atoms. The predicted octanol–water partition coefficient (Wildman–Crippen LogP) is 2.95. The van der Waals surface area contributed by atoms with Gasteiger partial charge < -0.3 is 5.32 Å². The molecule has 0 aliphatic rings. The number of nitrogens with one attached hydrogen (secondary N) is 1. The van der Waals surface area contributed by atoms with Gasteiger partial charge in [-0.25, -0.2) is 0 Å². The Morgan fingerprint density at radius 3 is 2.43 bits per heavy atom. The van der Waals surface area contributed by atoms with Crippen LogP contribution in [0.2, 0.25) is 0 Å². The highest BCUT2D eigenvalue weighted by atomic mass is 35.5. The van der Waals surface area contributed by atoms with Crippen LogP contribution < -0.4 is 5.32 Å². The second kappa shape index (κ2) is 6.28. The molecule has 14 heavy (non-hydrogen) atoms. The van der Waals surface area contributed by atoms with Crippen LogP contribution in [0.15, 0.2) is 0 Å². The van der Waals surface area contributed by atoms with Crippen molar-refractivity contribution in [1.82, 2.24) is 5.32 Å². The van der Waals surface area contributed by atoms with E-state index >= 15 is 0 Å². The first-order valence-corrected chi connectivity index (χ1v) is 5.80. The molecule has 0 aromatic carbocycles. The van der Waals surface area contributed by atoms with Crippen LogP contribution in [-0.4, -0.2) is 17.8 Å². The Labute approximate surface area is 92.4 Å². The van der Waals surface area contributed by atoms with E-state index in [0.29, 0.717) is 6.54 Å². The zero-order valence-electron chi connectivity index (χ0n) is 9.69. The van der Waals surface area contributed by atoms with Crippen LogP contribution in [0.25, 0.3) is 0 Å². The molecule has 1 N–H and O–H groups in total. The highest BCUT2D eigenvalue weighted by molar-refractivity contribution is 6.20. The van der Waals surface area contributed by atoms with Gasteiger partial charge in [-0.15, -0.1) is 11.6 Å². The molecular weight excluding hydrogens is 198 g/mol. The number of carbonyl (C=O) groups excluding carboxylic acids is 1. The molecule has 1 atom stereocenters. The summed E-state index contributed by atoms with van der Waals surface area (Å²) >= 11 is 5.95. The van der Waals surface area contributed by atoms with Gasteiger partial charge in [0, 0.05) is 17.3 Å². The number of halogens is 1. The molecule has 0 saturated heterocycles. The molecule has 0 rings (SSSR count). The van der Waals surface area contributed by atoms with Crippen molar-refractivity contribution in [2.45, 2.75) is 52.3 Å². The third-order valence-electron chi connectivity index (χ3n) is 2.68. The molecule has 1 unspecified atom stereocenters. The smallest absolute Gasteiger partial charge is 0.225 e. The Kier molecular flexibility index (Phi) is 6.17. The van der Waals surface area contributed by atoms with Crippen molar-refractivity contribution in [3.05, 3.63) is 0 Å². The Hall–Kier alpha value is -0.240. The SMILES string of the molecule is CCC(Cl)CCNC(=O)C(C)(C)CC. The number of alkyl halides is 1. The lowest BCUT2D eigenvalue weighted by molar-refractivity contribution is -0.129. The summed E-state index contributed by atoms with van der Waals surface area (Å²) < 4.78 is 0. The van der Waals surface area contributed by atoms with Crippen molar-refractivity contribution in [3.63, 3.8) is 0 Å². The molecule has 0 aromatic rings. The van der Waals surface area contributed by atoms with E-state index in [9.17, 15) is 4.79 Å². The lowest BCUT2D eigenvalue weighted by Gasteiger charge is -2.21. The summed E-state index contributed by atoms with van der Waals surface area (Å²) in [5, 5.41) is 3.10. The molecule has 0 aliphatic carbocycles. The van der Waals surface area contributed by atoms with Crippen molar-refractivity contribution >= 4 is 17.5 Å². The van der Waals surface area contributed by atoms with Crippen LogP contribution in [0, 0.1) is 5.41 Å². The van der Waals surface area contributed by atoms with E-state index in [1.54, 1.807) is 0 Å². The largest absolute Gasteiger partial charge is 0.356 e. The normalized spacial score (nSPS) is 13.8. The molecule has 0 spiro atoms. The third-order valence-corrected chi connectivity index (χ3v) is 3.21. The summed E-state index contributed by atoms with van der Waals surface area (Å²) in [7, 11) is 0. The lowest BCUT2D eigenvalue weighted by Crippen LogP contribution is -2.37. The van der Waals surface area contributed by atoms with E-state index in [-0.39, 0.29) is 16.7 Å². The van der Waals surface area contributed by atoms with Crippen molar-refractivity contribution in [1.29, 1.82) is 0 Å². The van der Waals surface area contributed by atoms with Gasteiger partial charge in [-0.05, 0) is 19.3 Å². The maximum Gasteiger partial charge on any atom is 0.225 e.